The summed E-state index contributed by atoms with van der Waals surface area (Å²) >= 11 is 0. The summed E-state index contributed by atoms with van der Waals surface area (Å²) in [6.45, 7) is 7.12. The summed E-state index contributed by atoms with van der Waals surface area (Å²) in [7, 11) is 0. The third kappa shape index (κ3) is 3.02. The molecule has 1 spiro atoms. The van der Waals surface area contributed by atoms with Crippen LogP contribution in [0.15, 0.2) is 24.3 Å². The molecule has 0 aromatic heterocycles. The fraction of sp³-hybridized carbons (Fsp3) is 0.667. The molecule has 2 aliphatic rings. The normalized spacial score (nSPS) is 29.9. The first-order chi connectivity index (χ1) is 9.15. The molecule has 1 aliphatic carbocycles. The van der Waals surface area contributed by atoms with Crippen molar-refractivity contribution in [2.45, 2.75) is 46.0 Å². The second kappa shape index (κ2) is 5.28. The Morgan fingerprint density at radius 3 is 2.74 bits per heavy atom. The zero-order chi connectivity index (χ0) is 13.3. The molecule has 0 amide bonds. The summed E-state index contributed by atoms with van der Waals surface area (Å²) < 4.78 is 0. The molecule has 1 nitrogen and oxygen atoms in total. The molecule has 1 heterocycles. The lowest BCUT2D eigenvalue weighted by molar-refractivity contribution is 0.0769. The lowest BCUT2D eigenvalue weighted by Gasteiger charge is -2.45. The van der Waals surface area contributed by atoms with Gasteiger partial charge in [0.1, 0.15) is 0 Å². The molecule has 1 aromatic carbocycles. The molecule has 0 radical (unpaired) electrons. The van der Waals surface area contributed by atoms with E-state index in [4.69, 9.17) is 0 Å². The number of hydrogen-bond donors (Lipinski definition) is 1. The Morgan fingerprint density at radius 1 is 1.26 bits per heavy atom. The molecule has 1 aliphatic heterocycles. The first-order valence-electron chi connectivity index (χ1n) is 7.94. The maximum atomic E-state index is 3.53. The second-order valence-electron chi connectivity index (χ2n) is 7.32. The Kier molecular flexibility index (Phi) is 3.66. The Balaban J connectivity index is 1.56. The quantitative estimate of drug-likeness (QED) is 0.864. The van der Waals surface area contributed by atoms with Crippen LogP contribution in [0, 0.1) is 17.3 Å². The second-order valence-corrected chi connectivity index (χ2v) is 7.32. The third-order valence-electron chi connectivity index (χ3n) is 4.94. The van der Waals surface area contributed by atoms with Gasteiger partial charge in [0.25, 0.3) is 0 Å². The highest BCUT2D eigenvalue weighted by Gasteiger charge is 2.45. The van der Waals surface area contributed by atoms with Gasteiger partial charge in [-0.1, -0.05) is 38.1 Å². The first-order valence-corrected chi connectivity index (χ1v) is 7.94. The molecule has 3 rings (SSSR count). The summed E-state index contributed by atoms with van der Waals surface area (Å²) in [5.41, 5.74) is 3.77. The van der Waals surface area contributed by atoms with Crippen molar-refractivity contribution in [2.24, 2.45) is 17.3 Å². The van der Waals surface area contributed by atoms with Crippen molar-refractivity contribution in [2.75, 3.05) is 13.1 Å². The van der Waals surface area contributed by atoms with Crippen molar-refractivity contribution in [1.82, 2.24) is 5.32 Å². The van der Waals surface area contributed by atoms with E-state index in [1.165, 1.54) is 50.8 Å². The van der Waals surface area contributed by atoms with Gasteiger partial charge in [-0.25, -0.2) is 0 Å². The Bertz CT molecular complexity index is 421. The van der Waals surface area contributed by atoms with Crippen LogP contribution in [0.1, 0.15) is 44.2 Å². The first kappa shape index (κ1) is 13.2. The molecular formula is C18H27N. The van der Waals surface area contributed by atoms with Gasteiger partial charge in [-0.2, -0.15) is 0 Å². The highest BCUT2D eigenvalue weighted by Crippen LogP contribution is 2.50. The largest absolute Gasteiger partial charge is 0.316 e. The minimum atomic E-state index is 0.695. The molecule has 1 saturated carbocycles. The fourth-order valence-corrected chi connectivity index (χ4v) is 4.14. The Hall–Kier alpha value is -0.820. The van der Waals surface area contributed by atoms with Gasteiger partial charge in [-0.3, -0.25) is 0 Å². The molecule has 1 aromatic rings. The zero-order valence-corrected chi connectivity index (χ0v) is 12.4. The molecule has 1 saturated heterocycles. The summed E-state index contributed by atoms with van der Waals surface area (Å²) in [6, 6.07) is 9.30. The van der Waals surface area contributed by atoms with Crippen LogP contribution >= 0.6 is 0 Å². The van der Waals surface area contributed by atoms with Gasteiger partial charge in [0.05, 0.1) is 0 Å². The van der Waals surface area contributed by atoms with Crippen molar-refractivity contribution in [3.63, 3.8) is 0 Å². The van der Waals surface area contributed by atoms with E-state index in [0.29, 0.717) is 5.41 Å². The third-order valence-corrected chi connectivity index (χ3v) is 4.94. The van der Waals surface area contributed by atoms with Crippen molar-refractivity contribution < 1.29 is 0 Å². The standard InChI is InChI=1S/C18H27N/c1-14(2)8-15-4-3-5-16(9-15)10-17-11-18(12-17)6-7-19-13-18/h3-5,9,14,17,19H,6-8,10-13H2,1-2H3. The minimum Gasteiger partial charge on any atom is -0.316 e. The van der Waals surface area contributed by atoms with Gasteiger partial charge >= 0.3 is 0 Å². The van der Waals surface area contributed by atoms with Crippen molar-refractivity contribution in [3.8, 4) is 0 Å². The smallest absolute Gasteiger partial charge is 0.000850 e. The van der Waals surface area contributed by atoms with Crippen LogP contribution < -0.4 is 5.32 Å². The monoisotopic (exact) mass is 257 g/mol. The predicted molar refractivity (Wildman–Crippen MR) is 81.3 cm³/mol. The lowest BCUT2D eigenvalue weighted by atomic mass is 9.60. The molecule has 0 unspecified atom stereocenters. The van der Waals surface area contributed by atoms with E-state index in [2.05, 4.69) is 43.4 Å². The number of rotatable bonds is 4. The highest BCUT2D eigenvalue weighted by atomic mass is 14.9. The van der Waals surface area contributed by atoms with Crippen LogP contribution in [0.25, 0.3) is 0 Å². The maximum absolute atomic E-state index is 3.53. The summed E-state index contributed by atoms with van der Waals surface area (Å²) in [4.78, 5) is 0. The van der Waals surface area contributed by atoms with Gasteiger partial charge in [-0.15, -0.1) is 0 Å². The minimum absolute atomic E-state index is 0.695. The van der Waals surface area contributed by atoms with Crippen molar-refractivity contribution in [1.29, 1.82) is 0 Å². The number of benzene rings is 1. The van der Waals surface area contributed by atoms with E-state index in [1.54, 1.807) is 5.56 Å². The van der Waals surface area contributed by atoms with Crippen LogP contribution in [0.2, 0.25) is 0 Å². The number of nitrogens with one attached hydrogen (secondary N) is 1. The zero-order valence-electron chi connectivity index (χ0n) is 12.4. The molecule has 1 N–H and O–H groups in total. The van der Waals surface area contributed by atoms with Gasteiger partial charge in [0.2, 0.25) is 0 Å². The van der Waals surface area contributed by atoms with Crippen molar-refractivity contribution in [3.05, 3.63) is 35.4 Å². The van der Waals surface area contributed by atoms with E-state index in [1.807, 2.05) is 0 Å². The summed E-state index contributed by atoms with van der Waals surface area (Å²) in [5, 5.41) is 3.53. The molecular weight excluding hydrogens is 230 g/mol. The van der Waals surface area contributed by atoms with Crippen LogP contribution in [0.4, 0.5) is 0 Å². The Labute approximate surface area is 117 Å². The van der Waals surface area contributed by atoms with Crippen LogP contribution in [-0.4, -0.2) is 13.1 Å². The average molecular weight is 257 g/mol. The SMILES string of the molecule is CC(C)Cc1cccc(CC2CC3(CCNC3)C2)c1. The predicted octanol–water partition coefficient (Wildman–Crippen LogP) is 3.82. The maximum Gasteiger partial charge on any atom is 0.000850 e. The molecule has 1 heteroatoms. The lowest BCUT2D eigenvalue weighted by Crippen LogP contribution is -2.39. The van der Waals surface area contributed by atoms with E-state index in [9.17, 15) is 0 Å². The Morgan fingerprint density at radius 2 is 2.05 bits per heavy atom. The van der Waals surface area contributed by atoms with E-state index >= 15 is 0 Å². The number of hydrogen-bond acceptors (Lipinski definition) is 1. The van der Waals surface area contributed by atoms with Gasteiger partial charge < -0.3 is 5.32 Å². The van der Waals surface area contributed by atoms with E-state index < -0.39 is 0 Å². The van der Waals surface area contributed by atoms with Gasteiger partial charge in [-0.05, 0) is 67.0 Å². The van der Waals surface area contributed by atoms with Crippen LogP contribution in [0.3, 0.4) is 0 Å². The van der Waals surface area contributed by atoms with Crippen LogP contribution in [-0.2, 0) is 12.8 Å². The van der Waals surface area contributed by atoms with Gasteiger partial charge in [0, 0.05) is 6.54 Å². The van der Waals surface area contributed by atoms with E-state index in [-0.39, 0.29) is 0 Å². The van der Waals surface area contributed by atoms with Crippen LogP contribution in [0.5, 0.6) is 0 Å². The average Bonchev–Trinajstić information content (AvgIpc) is 2.77. The van der Waals surface area contributed by atoms with Gasteiger partial charge in [0.15, 0.2) is 0 Å². The molecule has 2 fully saturated rings. The summed E-state index contributed by atoms with van der Waals surface area (Å²) in [5.74, 6) is 1.70. The topological polar surface area (TPSA) is 12.0 Å². The summed E-state index contributed by atoms with van der Waals surface area (Å²) in [6.07, 6.45) is 6.83. The molecule has 0 bridgehead atoms. The van der Waals surface area contributed by atoms with Crippen molar-refractivity contribution >= 4 is 0 Å². The molecule has 104 valence electrons. The highest BCUT2D eigenvalue weighted by molar-refractivity contribution is 5.25. The van der Waals surface area contributed by atoms with E-state index in [0.717, 1.165) is 11.8 Å². The molecule has 19 heavy (non-hydrogen) atoms. The molecule has 0 atom stereocenters. The fourth-order valence-electron chi connectivity index (χ4n) is 4.14.